The summed E-state index contributed by atoms with van der Waals surface area (Å²) in [7, 11) is -2.60. The maximum Gasteiger partial charge on any atom is 0.477 e. The minimum Gasteiger partial charge on any atom is -0.466 e. The maximum atomic E-state index is 12.0. The van der Waals surface area contributed by atoms with E-state index in [1.807, 2.05) is 0 Å². The van der Waals surface area contributed by atoms with Crippen molar-refractivity contribution in [1.29, 1.82) is 0 Å². The Labute approximate surface area is 117 Å². The molecule has 0 saturated carbocycles. The lowest BCUT2D eigenvalue weighted by atomic mass is 10.5. The van der Waals surface area contributed by atoms with Crippen LogP contribution in [-0.2, 0) is 37.2 Å². The Balaban J connectivity index is 4.42. The van der Waals surface area contributed by atoms with Crippen molar-refractivity contribution in [1.82, 2.24) is 0 Å². The number of ether oxygens (including phenoxy) is 2. The van der Waals surface area contributed by atoms with Crippen LogP contribution in [0.1, 0.15) is 20.8 Å². The smallest absolute Gasteiger partial charge is 0.466 e. The zero-order chi connectivity index (χ0) is 15.6. The van der Waals surface area contributed by atoms with Crippen LogP contribution >= 0.6 is 7.82 Å². The van der Waals surface area contributed by atoms with Gasteiger partial charge >= 0.3 is 19.8 Å². The molecule has 0 aliphatic carbocycles. The van der Waals surface area contributed by atoms with Crippen molar-refractivity contribution >= 4 is 19.8 Å². The normalized spacial score (nSPS) is 13.2. The summed E-state index contributed by atoms with van der Waals surface area (Å²) >= 11 is 0. The molecule has 0 heterocycles. The molecule has 0 rings (SSSR count). The summed E-state index contributed by atoms with van der Waals surface area (Å²) in [5, 5.41) is 0. The monoisotopic (exact) mass is 310 g/mol. The van der Waals surface area contributed by atoms with Crippen LogP contribution in [0.15, 0.2) is 12.2 Å². The molecule has 0 aliphatic rings. The molecule has 1 unspecified atom stereocenters. The van der Waals surface area contributed by atoms with Gasteiger partial charge in [0.1, 0.15) is 0 Å². The van der Waals surface area contributed by atoms with Crippen LogP contribution in [0, 0.1) is 0 Å². The fourth-order valence-electron chi connectivity index (χ4n) is 1.02. The molecule has 0 fully saturated rings. The number of esters is 2. The van der Waals surface area contributed by atoms with E-state index < -0.39 is 26.1 Å². The first-order chi connectivity index (χ1) is 9.36. The van der Waals surface area contributed by atoms with Gasteiger partial charge in [-0.1, -0.05) is 0 Å². The topological polar surface area (TPSA) is 97.4 Å². The van der Waals surface area contributed by atoms with E-state index >= 15 is 0 Å². The molecular formula is C11H19O8P. The van der Waals surface area contributed by atoms with Crippen molar-refractivity contribution in [2.75, 3.05) is 20.3 Å². The van der Waals surface area contributed by atoms with Crippen molar-refractivity contribution < 1.29 is 37.2 Å². The van der Waals surface area contributed by atoms with Crippen molar-refractivity contribution in [2.24, 2.45) is 0 Å². The Morgan fingerprint density at radius 2 is 1.60 bits per heavy atom. The van der Waals surface area contributed by atoms with E-state index in [-0.39, 0.29) is 13.2 Å². The van der Waals surface area contributed by atoms with Crippen molar-refractivity contribution in [3.05, 3.63) is 12.2 Å². The van der Waals surface area contributed by atoms with E-state index in [2.05, 4.69) is 4.74 Å². The van der Waals surface area contributed by atoms with Gasteiger partial charge in [-0.2, -0.15) is 0 Å². The first-order valence-electron chi connectivity index (χ1n) is 5.91. The van der Waals surface area contributed by atoms with E-state index in [4.69, 9.17) is 18.3 Å². The van der Waals surface area contributed by atoms with Crippen LogP contribution in [0.5, 0.6) is 0 Å². The quantitative estimate of drug-likeness (QED) is 0.275. The summed E-state index contributed by atoms with van der Waals surface area (Å²) < 4.78 is 35.7. The van der Waals surface area contributed by atoms with Gasteiger partial charge in [0.05, 0.1) is 20.3 Å². The second-order valence-electron chi connectivity index (χ2n) is 3.25. The minimum absolute atomic E-state index is 0.111. The molecule has 0 aliphatic heterocycles. The summed E-state index contributed by atoms with van der Waals surface area (Å²) in [5.74, 6) is -1.56. The number of hydrogen-bond acceptors (Lipinski definition) is 8. The third-order valence-corrected chi connectivity index (χ3v) is 3.39. The number of phosphoric acid groups is 1. The van der Waals surface area contributed by atoms with Crippen LogP contribution in [0.25, 0.3) is 0 Å². The zero-order valence-corrected chi connectivity index (χ0v) is 12.8. The predicted molar refractivity (Wildman–Crippen MR) is 68.7 cm³/mol. The van der Waals surface area contributed by atoms with E-state index in [1.54, 1.807) is 13.8 Å². The Hall–Kier alpha value is -1.21. The van der Waals surface area contributed by atoms with Gasteiger partial charge in [0.2, 0.25) is 6.29 Å². The highest BCUT2D eigenvalue weighted by Crippen LogP contribution is 2.50. The molecule has 0 bridgehead atoms. The van der Waals surface area contributed by atoms with Crippen molar-refractivity contribution in [2.45, 2.75) is 27.1 Å². The number of carbonyl (C=O) groups excluding carboxylic acids is 2. The van der Waals surface area contributed by atoms with Gasteiger partial charge in [0.25, 0.3) is 0 Å². The van der Waals surface area contributed by atoms with Crippen molar-refractivity contribution in [3.8, 4) is 0 Å². The van der Waals surface area contributed by atoms with E-state index in [1.165, 1.54) is 14.0 Å². The predicted octanol–water partition coefficient (Wildman–Crippen LogP) is 1.80. The van der Waals surface area contributed by atoms with Gasteiger partial charge in [0, 0.05) is 12.2 Å². The number of phosphoric ester groups is 1. The molecule has 1 atom stereocenters. The highest BCUT2D eigenvalue weighted by atomic mass is 31.2. The molecule has 0 radical (unpaired) electrons. The van der Waals surface area contributed by atoms with Crippen LogP contribution in [-0.4, -0.2) is 38.6 Å². The Morgan fingerprint density at radius 1 is 1.10 bits per heavy atom. The van der Waals surface area contributed by atoms with E-state index in [0.29, 0.717) is 0 Å². The van der Waals surface area contributed by atoms with Gasteiger partial charge in [0.15, 0.2) is 0 Å². The highest BCUT2D eigenvalue weighted by Gasteiger charge is 2.29. The molecule has 0 N–H and O–H groups in total. The highest BCUT2D eigenvalue weighted by molar-refractivity contribution is 7.48. The third-order valence-electron chi connectivity index (χ3n) is 1.69. The number of rotatable bonds is 9. The minimum atomic E-state index is -3.77. The summed E-state index contributed by atoms with van der Waals surface area (Å²) in [4.78, 5) is 22.1. The fourth-order valence-corrected chi connectivity index (χ4v) is 2.26. The molecule has 9 heteroatoms. The molecular weight excluding hydrogens is 291 g/mol. The molecule has 0 spiro atoms. The summed E-state index contributed by atoms with van der Waals surface area (Å²) in [6, 6.07) is 0. The molecule has 0 aromatic rings. The summed E-state index contributed by atoms with van der Waals surface area (Å²) in [6.07, 6.45) is 0.575. The Bertz CT molecular complexity index is 382. The molecule has 0 aromatic carbocycles. The first kappa shape index (κ1) is 18.8. The van der Waals surface area contributed by atoms with Gasteiger partial charge < -0.3 is 9.47 Å². The van der Waals surface area contributed by atoms with Gasteiger partial charge in [-0.15, -0.1) is 0 Å². The zero-order valence-electron chi connectivity index (χ0n) is 11.9. The number of hydrogen-bond donors (Lipinski definition) is 0. The molecule has 0 aromatic heterocycles. The number of carbonyl (C=O) groups is 2. The van der Waals surface area contributed by atoms with Crippen LogP contribution in [0.3, 0.4) is 0 Å². The standard InChI is InChI=1S/C11H19O8P/c1-5-16-20(14,17-6-2)19-9(3)18-11(13)8-7-10(12)15-4/h7-9H,5-6H2,1-4H3/b8-7+. The molecule has 20 heavy (non-hydrogen) atoms. The summed E-state index contributed by atoms with van der Waals surface area (Å²) in [6.45, 7) is 4.80. The SMILES string of the molecule is CCOP(=O)(OCC)OC(C)OC(=O)/C=C/C(=O)OC. The first-order valence-corrected chi connectivity index (χ1v) is 7.37. The van der Waals surface area contributed by atoms with E-state index in [9.17, 15) is 14.2 Å². The van der Waals surface area contributed by atoms with E-state index in [0.717, 1.165) is 12.2 Å². The Morgan fingerprint density at radius 3 is 2.05 bits per heavy atom. The summed E-state index contributed by atoms with van der Waals surface area (Å²) in [5.41, 5.74) is 0. The molecule has 0 amide bonds. The maximum absolute atomic E-state index is 12.0. The average Bonchev–Trinajstić information content (AvgIpc) is 2.35. The molecule has 0 saturated heterocycles. The van der Waals surface area contributed by atoms with Gasteiger partial charge in [-0.25, -0.2) is 18.7 Å². The second-order valence-corrected chi connectivity index (χ2v) is 4.87. The number of methoxy groups -OCH3 is 1. The molecule has 8 nitrogen and oxygen atoms in total. The average molecular weight is 310 g/mol. The lowest BCUT2D eigenvalue weighted by molar-refractivity contribution is -0.157. The van der Waals surface area contributed by atoms with Crippen LogP contribution < -0.4 is 0 Å². The lowest BCUT2D eigenvalue weighted by Crippen LogP contribution is -2.17. The molecule has 116 valence electrons. The fraction of sp³-hybridized carbons (Fsp3) is 0.636. The van der Waals surface area contributed by atoms with Gasteiger partial charge in [-0.3, -0.25) is 9.05 Å². The van der Waals surface area contributed by atoms with Crippen molar-refractivity contribution in [3.63, 3.8) is 0 Å². The third kappa shape index (κ3) is 8.06. The Kier molecular flexibility index (Phi) is 9.07. The largest absolute Gasteiger partial charge is 0.477 e. The second kappa shape index (κ2) is 9.66. The van der Waals surface area contributed by atoms with Crippen LogP contribution in [0.4, 0.5) is 0 Å². The van der Waals surface area contributed by atoms with Gasteiger partial charge in [-0.05, 0) is 20.8 Å². The van der Waals surface area contributed by atoms with Crippen LogP contribution in [0.2, 0.25) is 0 Å². The lowest BCUT2D eigenvalue weighted by Gasteiger charge is -2.20.